The lowest BCUT2D eigenvalue weighted by Crippen LogP contribution is -2.51. The molecule has 4 N–H and O–H groups in total. The molecular formula is C25H39N3O5. The van der Waals surface area contributed by atoms with Crippen LogP contribution in [-0.4, -0.2) is 64.8 Å². The Hall–Kier alpha value is -2.61. The lowest BCUT2D eigenvalue weighted by molar-refractivity contribution is -0.131. The number of aliphatic hydroxyl groups excluding tert-OH is 1. The second-order valence-electron chi connectivity index (χ2n) is 8.88. The van der Waals surface area contributed by atoms with Crippen LogP contribution < -0.4 is 10.6 Å². The normalized spacial score (nSPS) is 15.9. The Morgan fingerprint density at radius 2 is 1.79 bits per heavy atom. The number of carboxylic acid groups (broad SMARTS) is 1. The summed E-state index contributed by atoms with van der Waals surface area (Å²) >= 11 is 0. The predicted molar refractivity (Wildman–Crippen MR) is 127 cm³/mol. The Morgan fingerprint density at radius 3 is 2.39 bits per heavy atom. The van der Waals surface area contributed by atoms with E-state index in [0.717, 1.165) is 32.1 Å². The van der Waals surface area contributed by atoms with E-state index in [2.05, 4.69) is 10.6 Å². The van der Waals surface area contributed by atoms with E-state index in [1.807, 2.05) is 37.3 Å². The molecule has 0 unspecified atom stereocenters. The number of nitrogens with one attached hydrogen (secondary N) is 2. The first-order valence-corrected chi connectivity index (χ1v) is 12.1. The predicted octanol–water partition coefficient (Wildman–Crippen LogP) is 2.94. The largest absolute Gasteiger partial charge is 0.465 e. The number of nitrogens with zero attached hydrogens (tertiary/aromatic N) is 1. The summed E-state index contributed by atoms with van der Waals surface area (Å²) in [5.41, 5.74) is 1.17. The molecule has 0 heterocycles. The lowest BCUT2D eigenvalue weighted by atomic mass is 9.84. The second-order valence-corrected chi connectivity index (χ2v) is 8.88. The zero-order chi connectivity index (χ0) is 24.1. The molecule has 3 amide bonds. The number of carbonyl (C=O) groups excluding carboxylic acids is 2. The van der Waals surface area contributed by atoms with Gasteiger partial charge in [0.15, 0.2) is 0 Å². The SMILES string of the molecule is CCN(CCc1ccccc1)C(=O)CC[C@@H](CO)NC(=O)[C@H](CC1CCCCC1)NC(=O)O. The van der Waals surface area contributed by atoms with Gasteiger partial charge in [0, 0.05) is 19.5 Å². The molecule has 0 radical (unpaired) electrons. The number of aliphatic hydroxyl groups is 1. The van der Waals surface area contributed by atoms with Crippen LogP contribution in [0, 0.1) is 5.92 Å². The molecule has 2 rings (SSSR count). The van der Waals surface area contributed by atoms with E-state index in [1.165, 1.54) is 12.0 Å². The molecule has 1 aromatic carbocycles. The van der Waals surface area contributed by atoms with E-state index in [9.17, 15) is 19.5 Å². The molecule has 8 nitrogen and oxygen atoms in total. The number of hydrogen-bond acceptors (Lipinski definition) is 4. The molecule has 33 heavy (non-hydrogen) atoms. The summed E-state index contributed by atoms with van der Waals surface area (Å²) in [5.74, 6) is -0.146. The summed E-state index contributed by atoms with van der Waals surface area (Å²) in [5, 5.41) is 24.0. The van der Waals surface area contributed by atoms with Gasteiger partial charge in [0.1, 0.15) is 6.04 Å². The summed E-state index contributed by atoms with van der Waals surface area (Å²) < 4.78 is 0. The summed E-state index contributed by atoms with van der Waals surface area (Å²) in [7, 11) is 0. The highest BCUT2D eigenvalue weighted by Gasteiger charge is 2.27. The number of rotatable bonds is 13. The molecule has 1 aliphatic rings. The van der Waals surface area contributed by atoms with E-state index < -0.39 is 24.1 Å². The maximum atomic E-state index is 12.8. The topological polar surface area (TPSA) is 119 Å². The van der Waals surface area contributed by atoms with E-state index in [1.54, 1.807) is 4.90 Å². The number of benzene rings is 1. The maximum Gasteiger partial charge on any atom is 0.405 e. The van der Waals surface area contributed by atoms with Crippen molar-refractivity contribution in [3.05, 3.63) is 35.9 Å². The van der Waals surface area contributed by atoms with Crippen molar-refractivity contribution in [3.8, 4) is 0 Å². The first-order valence-electron chi connectivity index (χ1n) is 12.1. The van der Waals surface area contributed by atoms with Gasteiger partial charge in [-0.15, -0.1) is 0 Å². The molecule has 0 bridgehead atoms. The molecule has 0 aromatic heterocycles. The first-order chi connectivity index (χ1) is 15.9. The Kier molecular flexibility index (Phi) is 11.7. The van der Waals surface area contributed by atoms with Crippen LogP contribution >= 0.6 is 0 Å². The van der Waals surface area contributed by atoms with Gasteiger partial charge in [0.2, 0.25) is 11.8 Å². The van der Waals surface area contributed by atoms with Gasteiger partial charge < -0.3 is 25.7 Å². The zero-order valence-corrected chi connectivity index (χ0v) is 19.7. The average Bonchev–Trinajstić information content (AvgIpc) is 2.82. The summed E-state index contributed by atoms with van der Waals surface area (Å²) in [6.07, 6.45) is 5.87. The van der Waals surface area contributed by atoms with Gasteiger partial charge in [-0.05, 0) is 37.7 Å². The molecule has 1 aromatic rings. The molecule has 0 spiro atoms. The molecule has 0 saturated heterocycles. The number of likely N-dealkylation sites (N-methyl/N-ethyl adjacent to an activating group) is 1. The first kappa shape index (κ1) is 26.6. The maximum absolute atomic E-state index is 12.8. The Morgan fingerprint density at radius 1 is 1.09 bits per heavy atom. The second kappa shape index (κ2) is 14.5. The highest BCUT2D eigenvalue weighted by molar-refractivity contribution is 5.85. The Balaban J connectivity index is 1.84. The van der Waals surface area contributed by atoms with Crippen LogP contribution in [0.4, 0.5) is 4.79 Å². The van der Waals surface area contributed by atoms with Crippen LogP contribution in [0.5, 0.6) is 0 Å². The van der Waals surface area contributed by atoms with E-state index >= 15 is 0 Å². The fraction of sp³-hybridized carbons (Fsp3) is 0.640. The van der Waals surface area contributed by atoms with E-state index in [0.29, 0.717) is 31.8 Å². The minimum Gasteiger partial charge on any atom is -0.465 e. The molecule has 1 aliphatic carbocycles. The highest BCUT2D eigenvalue weighted by atomic mass is 16.4. The lowest BCUT2D eigenvalue weighted by Gasteiger charge is -2.27. The van der Waals surface area contributed by atoms with Crippen LogP contribution in [0.1, 0.15) is 63.9 Å². The third kappa shape index (κ3) is 9.82. The zero-order valence-electron chi connectivity index (χ0n) is 19.7. The Labute approximate surface area is 196 Å². The van der Waals surface area contributed by atoms with Crippen molar-refractivity contribution in [1.82, 2.24) is 15.5 Å². The summed E-state index contributed by atoms with van der Waals surface area (Å²) in [4.78, 5) is 38.4. The number of amides is 3. The third-order valence-electron chi connectivity index (χ3n) is 6.43. The summed E-state index contributed by atoms with van der Waals surface area (Å²) in [6.45, 7) is 2.83. The van der Waals surface area contributed by atoms with Crippen LogP contribution in [0.15, 0.2) is 30.3 Å². The molecule has 184 valence electrons. The van der Waals surface area contributed by atoms with Crippen molar-refractivity contribution in [1.29, 1.82) is 0 Å². The van der Waals surface area contributed by atoms with Gasteiger partial charge in [0.25, 0.3) is 0 Å². The van der Waals surface area contributed by atoms with Gasteiger partial charge in [0.05, 0.1) is 12.6 Å². The fourth-order valence-electron chi connectivity index (χ4n) is 4.47. The molecule has 2 atom stereocenters. The molecule has 1 saturated carbocycles. The molecule has 1 fully saturated rings. The standard InChI is InChI=1S/C25H39N3O5/c1-2-28(16-15-19-9-5-3-6-10-19)23(30)14-13-21(18-29)26-24(31)22(27-25(32)33)17-20-11-7-4-8-12-20/h3,5-6,9-10,20-22,27,29H,2,4,7-8,11-18H2,1H3,(H,26,31)(H,32,33)/t21-,22-/m0/s1. The minimum absolute atomic E-state index is 0.0245. The minimum atomic E-state index is -1.24. The van der Waals surface area contributed by atoms with Gasteiger partial charge in [-0.3, -0.25) is 9.59 Å². The van der Waals surface area contributed by atoms with Crippen molar-refractivity contribution >= 4 is 17.9 Å². The molecular weight excluding hydrogens is 422 g/mol. The van der Waals surface area contributed by atoms with Crippen molar-refractivity contribution in [2.75, 3.05) is 19.7 Å². The van der Waals surface area contributed by atoms with Crippen LogP contribution in [0.2, 0.25) is 0 Å². The third-order valence-corrected chi connectivity index (χ3v) is 6.43. The number of hydrogen-bond donors (Lipinski definition) is 4. The van der Waals surface area contributed by atoms with Crippen LogP contribution in [0.25, 0.3) is 0 Å². The average molecular weight is 462 g/mol. The van der Waals surface area contributed by atoms with E-state index in [4.69, 9.17) is 5.11 Å². The Bertz CT molecular complexity index is 737. The van der Waals surface area contributed by atoms with Crippen LogP contribution in [0.3, 0.4) is 0 Å². The van der Waals surface area contributed by atoms with Crippen molar-refractivity contribution in [3.63, 3.8) is 0 Å². The van der Waals surface area contributed by atoms with Gasteiger partial charge in [-0.1, -0.05) is 62.4 Å². The molecule has 8 heteroatoms. The monoisotopic (exact) mass is 461 g/mol. The smallest absolute Gasteiger partial charge is 0.405 e. The van der Waals surface area contributed by atoms with E-state index in [-0.39, 0.29) is 18.9 Å². The number of carbonyl (C=O) groups is 3. The highest BCUT2D eigenvalue weighted by Crippen LogP contribution is 2.27. The van der Waals surface area contributed by atoms with Crippen molar-refractivity contribution < 1.29 is 24.6 Å². The van der Waals surface area contributed by atoms with Crippen molar-refractivity contribution in [2.45, 2.75) is 76.8 Å². The van der Waals surface area contributed by atoms with Gasteiger partial charge >= 0.3 is 6.09 Å². The van der Waals surface area contributed by atoms with Gasteiger partial charge in [-0.25, -0.2) is 4.79 Å². The van der Waals surface area contributed by atoms with Crippen LogP contribution in [-0.2, 0) is 16.0 Å². The fourth-order valence-corrected chi connectivity index (χ4v) is 4.47. The molecule has 0 aliphatic heterocycles. The van der Waals surface area contributed by atoms with Crippen molar-refractivity contribution in [2.24, 2.45) is 5.92 Å². The van der Waals surface area contributed by atoms with Gasteiger partial charge in [-0.2, -0.15) is 0 Å². The quantitative estimate of drug-likeness (QED) is 0.360. The summed E-state index contributed by atoms with van der Waals surface area (Å²) in [6, 6.07) is 8.52.